The molecular weight excluding hydrogens is 398 g/mol. The number of benzene rings is 2. The Morgan fingerprint density at radius 3 is 2.60 bits per heavy atom. The Hall–Kier alpha value is -3.10. The largest absolute Gasteiger partial charge is 0.378 e. The highest BCUT2D eigenvalue weighted by atomic mass is 32.1. The summed E-state index contributed by atoms with van der Waals surface area (Å²) in [5.41, 5.74) is 4.30. The molecular formula is C22H25N5O2S. The molecule has 1 aliphatic heterocycles. The molecule has 0 saturated carbocycles. The molecule has 4 rings (SSSR count). The van der Waals surface area contributed by atoms with E-state index in [1.54, 1.807) is 5.38 Å². The van der Waals surface area contributed by atoms with Gasteiger partial charge < -0.3 is 25.2 Å². The molecule has 8 heteroatoms. The molecule has 156 valence electrons. The topological polar surface area (TPSA) is 69.7 Å². The number of rotatable bonds is 6. The highest BCUT2D eigenvalue weighted by Crippen LogP contribution is 2.25. The first kappa shape index (κ1) is 20.2. The molecule has 1 aliphatic rings. The molecule has 3 aromatic rings. The van der Waals surface area contributed by atoms with Crippen molar-refractivity contribution < 1.29 is 9.53 Å². The lowest BCUT2D eigenvalue weighted by Gasteiger charge is -2.28. The van der Waals surface area contributed by atoms with Crippen molar-refractivity contribution in [1.82, 2.24) is 4.98 Å². The van der Waals surface area contributed by atoms with Crippen LogP contribution in [0.1, 0.15) is 10.5 Å². The van der Waals surface area contributed by atoms with Crippen molar-refractivity contribution in [1.29, 1.82) is 0 Å². The van der Waals surface area contributed by atoms with E-state index in [4.69, 9.17) is 4.74 Å². The third-order valence-electron chi connectivity index (χ3n) is 4.85. The molecule has 2 heterocycles. The number of ether oxygens (including phenoxy) is 1. The van der Waals surface area contributed by atoms with Gasteiger partial charge >= 0.3 is 0 Å². The number of hydrogen-bond acceptors (Lipinski definition) is 7. The van der Waals surface area contributed by atoms with Crippen molar-refractivity contribution in [2.45, 2.75) is 0 Å². The Balaban J connectivity index is 1.37. The van der Waals surface area contributed by atoms with Crippen LogP contribution in [0.25, 0.3) is 0 Å². The van der Waals surface area contributed by atoms with E-state index in [2.05, 4.69) is 20.5 Å². The van der Waals surface area contributed by atoms with E-state index in [0.29, 0.717) is 10.8 Å². The van der Waals surface area contributed by atoms with Crippen molar-refractivity contribution in [2.75, 3.05) is 60.8 Å². The molecule has 1 saturated heterocycles. The van der Waals surface area contributed by atoms with Gasteiger partial charge in [-0.05, 0) is 42.5 Å². The summed E-state index contributed by atoms with van der Waals surface area (Å²) in [5.74, 6) is -0.222. The molecule has 2 aromatic carbocycles. The molecule has 2 N–H and O–H groups in total. The predicted octanol–water partition coefficient (Wildman–Crippen LogP) is 4.04. The first-order valence-corrected chi connectivity index (χ1v) is 10.7. The second-order valence-corrected chi connectivity index (χ2v) is 8.07. The molecule has 1 aromatic heterocycles. The third-order valence-corrected chi connectivity index (χ3v) is 5.61. The van der Waals surface area contributed by atoms with Gasteiger partial charge in [0.1, 0.15) is 5.69 Å². The van der Waals surface area contributed by atoms with Crippen molar-refractivity contribution >= 4 is 45.1 Å². The van der Waals surface area contributed by atoms with Crippen LogP contribution >= 0.6 is 11.3 Å². The SMILES string of the molecule is CN(C)c1cccc(Nc2nc(C(=O)Nc3ccc(N4CCOCC4)cc3)cs2)c1. The molecule has 1 amide bonds. The lowest BCUT2D eigenvalue weighted by Crippen LogP contribution is -2.36. The predicted molar refractivity (Wildman–Crippen MR) is 124 cm³/mol. The summed E-state index contributed by atoms with van der Waals surface area (Å²) in [6.45, 7) is 3.27. The van der Waals surface area contributed by atoms with Gasteiger partial charge in [-0.25, -0.2) is 4.98 Å². The lowest BCUT2D eigenvalue weighted by molar-refractivity contribution is 0.102. The zero-order valence-corrected chi connectivity index (χ0v) is 17.9. The van der Waals surface area contributed by atoms with E-state index in [1.807, 2.05) is 67.5 Å². The first-order chi connectivity index (χ1) is 14.6. The Labute approximate surface area is 180 Å². The maximum atomic E-state index is 12.6. The second kappa shape index (κ2) is 9.15. The highest BCUT2D eigenvalue weighted by molar-refractivity contribution is 7.14. The molecule has 0 bridgehead atoms. The fraction of sp³-hybridized carbons (Fsp3) is 0.273. The van der Waals surface area contributed by atoms with Gasteiger partial charge in [0, 0.05) is 55.3 Å². The minimum atomic E-state index is -0.222. The fourth-order valence-corrected chi connectivity index (χ4v) is 3.90. The monoisotopic (exact) mass is 423 g/mol. The van der Waals surface area contributed by atoms with E-state index in [1.165, 1.54) is 11.3 Å². The Morgan fingerprint density at radius 2 is 1.87 bits per heavy atom. The average molecular weight is 424 g/mol. The zero-order chi connectivity index (χ0) is 20.9. The summed E-state index contributed by atoms with van der Waals surface area (Å²) < 4.78 is 5.39. The van der Waals surface area contributed by atoms with Crippen LogP contribution in [0, 0.1) is 0 Å². The number of morpholine rings is 1. The number of carbonyl (C=O) groups excluding carboxylic acids is 1. The number of nitrogens with one attached hydrogen (secondary N) is 2. The molecule has 0 aliphatic carbocycles. The number of aromatic nitrogens is 1. The average Bonchev–Trinajstić information content (AvgIpc) is 3.24. The smallest absolute Gasteiger partial charge is 0.275 e. The summed E-state index contributed by atoms with van der Waals surface area (Å²) in [6.07, 6.45) is 0. The number of amides is 1. The molecule has 0 atom stereocenters. The highest BCUT2D eigenvalue weighted by Gasteiger charge is 2.13. The lowest BCUT2D eigenvalue weighted by atomic mass is 10.2. The summed E-state index contributed by atoms with van der Waals surface area (Å²) in [5, 5.41) is 8.62. The van der Waals surface area contributed by atoms with Crippen molar-refractivity contribution in [3.8, 4) is 0 Å². The van der Waals surface area contributed by atoms with Crippen LogP contribution in [0.5, 0.6) is 0 Å². The van der Waals surface area contributed by atoms with Crippen LogP contribution in [0.2, 0.25) is 0 Å². The minimum Gasteiger partial charge on any atom is -0.378 e. The van der Waals surface area contributed by atoms with Crippen LogP contribution in [-0.2, 0) is 4.74 Å². The number of thiazole rings is 1. The summed E-state index contributed by atoms with van der Waals surface area (Å²) in [6, 6.07) is 15.9. The van der Waals surface area contributed by atoms with Gasteiger partial charge in [-0.2, -0.15) is 0 Å². The maximum Gasteiger partial charge on any atom is 0.275 e. The van der Waals surface area contributed by atoms with Crippen LogP contribution in [-0.4, -0.2) is 51.3 Å². The van der Waals surface area contributed by atoms with E-state index in [0.717, 1.165) is 49.1 Å². The van der Waals surface area contributed by atoms with Gasteiger partial charge in [0.05, 0.1) is 13.2 Å². The molecule has 0 radical (unpaired) electrons. The van der Waals surface area contributed by atoms with Gasteiger partial charge in [0.15, 0.2) is 5.13 Å². The Morgan fingerprint density at radius 1 is 1.10 bits per heavy atom. The molecule has 30 heavy (non-hydrogen) atoms. The van der Waals surface area contributed by atoms with E-state index in [9.17, 15) is 4.79 Å². The summed E-state index contributed by atoms with van der Waals surface area (Å²) >= 11 is 1.40. The van der Waals surface area contributed by atoms with Gasteiger partial charge in [0.2, 0.25) is 0 Å². The quantitative estimate of drug-likeness (QED) is 0.624. The minimum absolute atomic E-state index is 0.222. The fourth-order valence-electron chi connectivity index (χ4n) is 3.19. The van der Waals surface area contributed by atoms with Gasteiger partial charge in [0.25, 0.3) is 5.91 Å². The molecule has 7 nitrogen and oxygen atoms in total. The zero-order valence-electron chi connectivity index (χ0n) is 17.1. The number of nitrogens with zero attached hydrogens (tertiary/aromatic N) is 3. The van der Waals surface area contributed by atoms with Crippen LogP contribution in [0.4, 0.5) is 27.9 Å². The van der Waals surface area contributed by atoms with E-state index >= 15 is 0 Å². The Bertz CT molecular complexity index is 997. The van der Waals surface area contributed by atoms with Crippen molar-refractivity contribution in [2.24, 2.45) is 0 Å². The van der Waals surface area contributed by atoms with Gasteiger partial charge in [-0.3, -0.25) is 4.79 Å². The maximum absolute atomic E-state index is 12.6. The Kier molecular flexibility index (Phi) is 6.15. The number of carbonyl (C=O) groups is 1. The first-order valence-electron chi connectivity index (χ1n) is 9.82. The van der Waals surface area contributed by atoms with Crippen LogP contribution in [0.15, 0.2) is 53.9 Å². The van der Waals surface area contributed by atoms with Crippen molar-refractivity contribution in [3.63, 3.8) is 0 Å². The van der Waals surface area contributed by atoms with Gasteiger partial charge in [-0.15, -0.1) is 11.3 Å². The molecule has 0 unspecified atom stereocenters. The standard InChI is InChI=1S/C22H25N5O2S/c1-26(2)19-5-3-4-17(14-19)24-22-25-20(15-30-22)21(28)23-16-6-8-18(9-7-16)27-10-12-29-13-11-27/h3-9,14-15H,10-13H2,1-2H3,(H,23,28)(H,24,25). The van der Waals surface area contributed by atoms with Crippen molar-refractivity contribution in [3.05, 3.63) is 59.6 Å². The number of anilines is 5. The second-order valence-electron chi connectivity index (χ2n) is 7.21. The van der Waals surface area contributed by atoms with Crippen LogP contribution in [0.3, 0.4) is 0 Å². The summed E-state index contributed by atoms with van der Waals surface area (Å²) in [7, 11) is 4.00. The van der Waals surface area contributed by atoms with Gasteiger partial charge in [-0.1, -0.05) is 6.07 Å². The summed E-state index contributed by atoms with van der Waals surface area (Å²) in [4.78, 5) is 21.3. The normalized spacial score (nSPS) is 13.7. The van der Waals surface area contributed by atoms with Crippen LogP contribution < -0.4 is 20.4 Å². The molecule has 1 fully saturated rings. The third kappa shape index (κ3) is 4.90. The van der Waals surface area contributed by atoms with E-state index < -0.39 is 0 Å². The van der Waals surface area contributed by atoms with E-state index in [-0.39, 0.29) is 5.91 Å². The molecule has 0 spiro atoms. The number of hydrogen-bond donors (Lipinski definition) is 2.